The Morgan fingerprint density at radius 1 is 1.29 bits per heavy atom. The molecule has 0 amide bonds. The zero-order chi connectivity index (χ0) is 12.3. The first kappa shape index (κ1) is 12.6. The van der Waals surface area contributed by atoms with Crippen molar-refractivity contribution in [3.63, 3.8) is 0 Å². The highest BCUT2D eigenvalue weighted by atomic mass is 15.2. The Morgan fingerprint density at radius 3 is 2.65 bits per heavy atom. The fourth-order valence-corrected chi connectivity index (χ4v) is 2.50. The highest BCUT2D eigenvalue weighted by Crippen LogP contribution is 2.26. The van der Waals surface area contributed by atoms with Crippen LogP contribution in [0.15, 0.2) is 18.2 Å². The quantitative estimate of drug-likeness (QED) is 0.845. The number of hydrogen-bond donors (Lipinski definition) is 1. The van der Waals surface area contributed by atoms with Crippen LogP contribution in [0.25, 0.3) is 0 Å². The number of aryl methyl sites for hydroxylation is 2. The van der Waals surface area contributed by atoms with Crippen molar-refractivity contribution in [1.82, 2.24) is 4.90 Å². The van der Waals surface area contributed by atoms with E-state index in [4.69, 9.17) is 5.73 Å². The van der Waals surface area contributed by atoms with Gasteiger partial charge in [0.1, 0.15) is 0 Å². The van der Waals surface area contributed by atoms with Gasteiger partial charge in [-0.2, -0.15) is 0 Å². The van der Waals surface area contributed by atoms with Crippen molar-refractivity contribution in [3.05, 3.63) is 34.9 Å². The first-order valence-corrected chi connectivity index (χ1v) is 6.71. The van der Waals surface area contributed by atoms with Crippen molar-refractivity contribution in [2.24, 2.45) is 5.73 Å². The molecule has 2 rings (SSSR count). The van der Waals surface area contributed by atoms with Crippen LogP contribution in [0.4, 0.5) is 0 Å². The maximum atomic E-state index is 5.73. The maximum Gasteiger partial charge on any atom is 0.0239 e. The van der Waals surface area contributed by atoms with Gasteiger partial charge >= 0.3 is 0 Å². The molecule has 0 unspecified atom stereocenters. The molecule has 2 nitrogen and oxygen atoms in total. The summed E-state index contributed by atoms with van der Waals surface area (Å²) in [6.07, 6.45) is 4.09. The summed E-state index contributed by atoms with van der Waals surface area (Å²) in [5.41, 5.74) is 9.94. The number of hydrogen-bond acceptors (Lipinski definition) is 2. The lowest BCUT2D eigenvalue weighted by molar-refractivity contribution is 0.123. The molecule has 1 saturated carbocycles. The Bertz CT molecular complexity index is 369. The fourth-order valence-electron chi connectivity index (χ4n) is 2.50. The molecule has 0 radical (unpaired) electrons. The SMILES string of the molecule is Cc1ccc(C)c(CN(CCN)C2CCC2)c1. The minimum absolute atomic E-state index is 0.765. The molecule has 1 aliphatic carbocycles. The monoisotopic (exact) mass is 232 g/mol. The van der Waals surface area contributed by atoms with Gasteiger partial charge < -0.3 is 5.73 Å². The van der Waals surface area contributed by atoms with E-state index in [0.717, 1.165) is 25.7 Å². The lowest BCUT2D eigenvalue weighted by Gasteiger charge is -2.37. The van der Waals surface area contributed by atoms with Crippen LogP contribution in [-0.4, -0.2) is 24.0 Å². The zero-order valence-corrected chi connectivity index (χ0v) is 11.1. The number of benzene rings is 1. The average Bonchev–Trinajstić information content (AvgIpc) is 2.21. The third-order valence-corrected chi connectivity index (χ3v) is 3.89. The normalized spacial score (nSPS) is 16.2. The average molecular weight is 232 g/mol. The second-order valence-electron chi connectivity index (χ2n) is 5.27. The molecule has 1 aromatic carbocycles. The highest BCUT2D eigenvalue weighted by Gasteiger charge is 2.24. The Hall–Kier alpha value is -0.860. The number of nitrogens with zero attached hydrogens (tertiary/aromatic N) is 1. The van der Waals surface area contributed by atoms with Crippen molar-refractivity contribution in [3.8, 4) is 0 Å². The minimum Gasteiger partial charge on any atom is -0.329 e. The van der Waals surface area contributed by atoms with Gasteiger partial charge in [0.05, 0.1) is 0 Å². The van der Waals surface area contributed by atoms with Gasteiger partial charge in [-0.15, -0.1) is 0 Å². The number of rotatable bonds is 5. The van der Waals surface area contributed by atoms with Crippen LogP contribution >= 0.6 is 0 Å². The van der Waals surface area contributed by atoms with E-state index in [1.807, 2.05) is 0 Å². The molecule has 2 heteroatoms. The molecule has 0 saturated heterocycles. The van der Waals surface area contributed by atoms with E-state index in [0.29, 0.717) is 0 Å². The van der Waals surface area contributed by atoms with E-state index >= 15 is 0 Å². The van der Waals surface area contributed by atoms with Gasteiger partial charge in [0.2, 0.25) is 0 Å². The van der Waals surface area contributed by atoms with Gasteiger partial charge in [-0.25, -0.2) is 0 Å². The van der Waals surface area contributed by atoms with E-state index in [-0.39, 0.29) is 0 Å². The molecule has 0 heterocycles. The predicted molar refractivity (Wildman–Crippen MR) is 73.0 cm³/mol. The van der Waals surface area contributed by atoms with E-state index in [1.165, 1.54) is 36.0 Å². The van der Waals surface area contributed by atoms with Crippen molar-refractivity contribution in [2.45, 2.75) is 45.7 Å². The second-order valence-corrected chi connectivity index (χ2v) is 5.27. The zero-order valence-electron chi connectivity index (χ0n) is 11.1. The summed E-state index contributed by atoms with van der Waals surface area (Å²) in [5.74, 6) is 0. The van der Waals surface area contributed by atoms with Crippen LogP contribution in [0, 0.1) is 13.8 Å². The lowest BCUT2D eigenvalue weighted by Crippen LogP contribution is -2.42. The molecule has 2 N–H and O–H groups in total. The number of nitrogens with two attached hydrogens (primary N) is 1. The molecule has 0 bridgehead atoms. The van der Waals surface area contributed by atoms with Crippen LogP contribution < -0.4 is 5.73 Å². The summed E-state index contributed by atoms with van der Waals surface area (Å²) in [5, 5.41) is 0. The molecule has 1 aromatic rings. The Kier molecular flexibility index (Phi) is 4.19. The van der Waals surface area contributed by atoms with E-state index in [1.54, 1.807) is 0 Å². The molecule has 0 aromatic heterocycles. The second kappa shape index (κ2) is 5.65. The van der Waals surface area contributed by atoms with Crippen LogP contribution in [0.3, 0.4) is 0 Å². The van der Waals surface area contributed by atoms with Crippen molar-refractivity contribution < 1.29 is 0 Å². The maximum absolute atomic E-state index is 5.73. The summed E-state index contributed by atoms with van der Waals surface area (Å²) in [7, 11) is 0. The molecule has 17 heavy (non-hydrogen) atoms. The Morgan fingerprint density at radius 2 is 2.06 bits per heavy atom. The van der Waals surface area contributed by atoms with Crippen molar-refractivity contribution >= 4 is 0 Å². The molecule has 0 spiro atoms. The molecular weight excluding hydrogens is 208 g/mol. The third kappa shape index (κ3) is 3.08. The predicted octanol–water partition coefficient (Wildman–Crippen LogP) is 2.62. The minimum atomic E-state index is 0.765. The van der Waals surface area contributed by atoms with Crippen LogP contribution in [0.1, 0.15) is 36.0 Å². The summed E-state index contributed by atoms with van der Waals surface area (Å²) in [4.78, 5) is 2.56. The molecule has 94 valence electrons. The third-order valence-electron chi connectivity index (χ3n) is 3.89. The molecule has 0 atom stereocenters. The summed E-state index contributed by atoms with van der Waals surface area (Å²) in [6, 6.07) is 7.51. The van der Waals surface area contributed by atoms with E-state index < -0.39 is 0 Å². The van der Waals surface area contributed by atoms with Gasteiger partial charge in [0, 0.05) is 25.7 Å². The van der Waals surface area contributed by atoms with Gasteiger partial charge in [-0.1, -0.05) is 30.2 Å². The highest BCUT2D eigenvalue weighted by molar-refractivity contribution is 5.30. The molecular formula is C15H24N2. The van der Waals surface area contributed by atoms with Gasteiger partial charge in [0.15, 0.2) is 0 Å². The van der Waals surface area contributed by atoms with Crippen molar-refractivity contribution in [1.29, 1.82) is 0 Å². The van der Waals surface area contributed by atoms with Crippen molar-refractivity contribution in [2.75, 3.05) is 13.1 Å². The molecule has 1 fully saturated rings. The van der Waals surface area contributed by atoms with Crippen LogP contribution in [0.2, 0.25) is 0 Å². The largest absolute Gasteiger partial charge is 0.329 e. The smallest absolute Gasteiger partial charge is 0.0239 e. The van der Waals surface area contributed by atoms with Gasteiger partial charge in [0.25, 0.3) is 0 Å². The summed E-state index contributed by atoms with van der Waals surface area (Å²) < 4.78 is 0. The lowest BCUT2D eigenvalue weighted by atomic mass is 9.90. The fraction of sp³-hybridized carbons (Fsp3) is 0.600. The Balaban J connectivity index is 2.07. The van der Waals surface area contributed by atoms with Gasteiger partial charge in [-0.05, 0) is 37.8 Å². The molecule has 1 aliphatic rings. The standard InChI is InChI=1S/C15H24N2/c1-12-6-7-13(2)14(10-12)11-17(9-8-16)15-4-3-5-15/h6-7,10,15H,3-5,8-9,11,16H2,1-2H3. The van der Waals surface area contributed by atoms with E-state index in [9.17, 15) is 0 Å². The van der Waals surface area contributed by atoms with Gasteiger partial charge in [-0.3, -0.25) is 4.90 Å². The summed E-state index contributed by atoms with van der Waals surface area (Å²) in [6.45, 7) is 7.23. The summed E-state index contributed by atoms with van der Waals surface area (Å²) >= 11 is 0. The first-order valence-electron chi connectivity index (χ1n) is 6.71. The van der Waals surface area contributed by atoms with Crippen LogP contribution in [-0.2, 0) is 6.54 Å². The van der Waals surface area contributed by atoms with E-state index in [2.05, 4.69) is 36.9 Å². The van der Waals surface area contributed by atoms with Crippen LogP contribution in [0.5, 0.6) is 0 Å². The first-order chi connectivity index (χ1) is 8.20. The molecule has 0 aliphatic heterocycles. The Labute approximate surface area is 105 Å². The topological polar surface area (TPSA) is 29.3 Å².